The van der Waals surface area contributed by atoms with E-state index >= 15 is 0 Å². The quantitative estimate of drug-likeness (QED) is 0.709. The van der Waals surface area contributed by atoms with Crippen LogP contribution in [0.5, 0.6) is 5.75 Å². The predicted molar refractivity (Wildman–Crippen MR) is 57.1 cm³/mol. The maximum absolute atomic E-state index is 11.3. The first-order chi connectivity index (χ1) is 7.10. The number of ether oxygens (including phenoxy) is 1. The molecule has 0 amide bonds. The van der Waals surface area contributed by atoms with Crippen molar-refractivity contribution < 1.29 is 9.53 Å². The van der Waals surface area contributed by atoms with Gasteiger partial charge in [0.05, 0.1) is 12.2 Å². The van der Waals surface area contributed by atoms with Gasteiger partial charge in [0.25, 0.3) is 0 Å². The number of hydrogen-bond acceptors (Lipinski definition) is 3. The zero-order valence-electron chi connectivity index (χ0n) is 9.13. The van der Waals surface area contributed by atoms with E-state index in [-0.39, 0.29) is 5.78 Å². The molecule has 0 heterocycles. The molecule has 0 aliphatic rings. The molecule has 0 aliphatic heterocycles. The van der Waals surface area contributed by atoms with Crippen LogP contribution in [0.2, 0.25) is 0 Å². The lowest BCUT2D eigenvalue weighted by molar-refractivity contribution is 0.101. The Morgan fingerprint density at radius 3 is 2.67 bits per heavy atom. The standard InChI is InChI=1S/C12H13NO2/c1-4-15-12-6-10(7-13)11(9(3)14)5-8(12)2/h5-6H,4H2,1-3H3. The Hall–Kier alpha value is -1.82. The molecule has 0 fully saturated rings. The summed E-state index contributed by atoms with van der Waals surface area (Å²) in [6, 6.07) is 5.32. The molecule has 0 aromatic heterocycles. The third-order valence-electron chi connectivity index (χ3n) is 2.11. The molecule has 0 bridgehead atoms. The van der Waals surface area contributed by atoms with Gasteiger partial charge in [-0.1, -0.05) is 0 Å². The van der Waals surface area contributed by atoms with Gasteiger partial charge in [-0.3, -0.25) is 4.79 Å². The molecule has 1 aromatic rings. The van der Waals surface area contributed by atoms with Gasteiger partial charge >= 0.3 is 0 Å². The maximum atomic E-state index is 11.3. The van der Waals surface area contributed by atoms with Crippen LogP contribution in [0.3, 0.4) is 0 Å². The number of nitriles is 1. The van der Waals surface area contributed by atoms with Crippen LogP contribution in [-0.4, -0.2) is 12.4 Å². The lowest BCUT2D eigenvalue weighted by atomic mass is 10.0. The molecule has 0 atom stereocenters. The van der Waals surface area contributed by atoms with Gasteiger partial charge in [0.2, 0.25) is 0 Å². The van der Waals surface area contributed by atoms with Crippen molar-refractivity contribution in [2.24, 2.45) is 0 Å². The summed E-state index contributed by atoms with van der Waals surface area (Å²) in [5.41, 5.74) is 1.70. The number of nitrogens with zero attached hydrogens (tertiary/aromatic N) is 1. The molecule has 0 saturated heterocycles. The number of carbonyl (C=O) groups is 1. The van der Waals surface area contributed by atoms with Gasteiger partial charge in [-0.05, 0) is 38.5 Å². The third-order valence-corrected chi connectivity index (χ3v) is 2.11. The normalized spacial score (nSPS) is 9.47. The fourth-order valence-electron chi connectivity index (χ4n) is 1.38. The Morgan fingerprint density at radius 2 is 2.20 bits per heavy atom. The molecular weight excluding hydrogens is 190 g/mol. The van der Waals surface area contributed by atoms with E-state index in [1.54, 1.807) is 12.1 Å². The van der Waals surface area contributed by atoms with Gasteiger partial charge in [0, 0.05) is 5.56 Å². The van der Waals surface area contributed by atoms with Crippen LogP contribution >= 0.6 is 0 Å². The number of aryl methyl sites for hydroxylation is 1. The van der Waals surface area contributed by atoms with Gasteiger partial charge < -0.3 is 4.74 Å². The van der Waals surface area contributed by atoms with Crippen molar-refractivity contribution in [1.29, 1.82) is 5.26 Å². The third kappa shape index (κ3) is 2.35. The summed E-state index contributed by atoms with van der Waals surface area (Å²) in [7, 11) is 0. The molecule has 3 heteroatoms. The Bertz CT molecular complexity index is 430. The number of benzene rings is 1. The fraction of sp³-hybridized carbons (Fsp3) is 0.333. The largest absolute Gasteiger partial charge is 0.494 e. The Kier molecular flexibility index (Phi) is 3.46. The minimum atomic E-state index is -0.0994. The molecule has 0 spiro atoms. The van der Waals surface area contributed by atoms with Gasteiger partial charge in [0.1, 0.15) is 11.8 Å². The highest BCUT2D eigenvalue weighted by molar-refractivity contribution is 5.97. The second kappa shape index (κ2) is 4.61. The lowest BCUT2D eigenvalue weighted by Crippen LogP contribution is -2.01. The van der Waals surface area contributed by atoms with Crippen LogP contribution in [0.15, 0.2) is 12.1 Å². The molecule has 1 rings (SSSR count). The maximum Gasteiger partial charge on any atom is 0.161 e. The average Bonchev–Trinajstić information content (AvgIpc) is 2.20. The smallest absolute Gasteiger partial charge is 0.161 e. The van der Waals surface area contributed by atoms with Gasteiger partial charge in [0.15, 0.2) is 5.78 Å². The van der Waals surface area contributed by atoms with Crippen LogP contribution in [-0.2, 0) is 0 Å². The molecule has 78 valence electrons. The molecule has 15 heavy (non-hydrogen) atoms. The molecular formula is C12H13NO2. The second-order valence-corrected chi connectivity index (χ2v) is 3.26. The van der Waals surface area contributed by atoms with Crippen LogP contribution in [0.4, 0.5) is 0 Å². The molecule has 0 unspecified atom stereocenters. The first-order valence-electron chi connectivity index (χ1n) is 4.78. The summed E-state index contributed by atoms with van der Waals surface area (Å²) < 4.78 is 5.35. The molecule has 0 saturated carbocycles. The van der Waals surface area contributed by atoms with Gasteiger partial charge in [-0.15, -0.1) is 0 Å². The van der Waals surface area contributed by atoms with E-state index in [2.05, 4.69) is 0 Å². The van der Waals surface area contributed by atoms with Crippen molar-refractivity contribution in [1.82, 2.24) is 0 Å². The number of rotatable bonds is 3. The minimum Gasteiger partial charge on any atom is -0.494 e. The minimum absolute atomic E-state index is 0.0994. The van der Waals surface area contributed by atoms with E-state index in [1.165, 1.54) is 6.92 Å². The van der Waals surface area contributed by atoms with Gasteiger partial charge in [-0.2, -0.15) is 5.26 Å². The summed E-state index contributed by atoms with van der Waals surface area (Å²) in [5, 5.41) is 8.89. The van der Waals surface area contributed by atoms with E-state index in [4.69, 9.17) is 10.00 Å². The van der Waals surface area contributed by atoms with E-state index < -0.39 is 0 Å². The fourth-order valence-corrected chi connectivity index (χ4v) is 1.38. The zero-order valence-corrected chi connectivity index (χ0v) is 9.13. The molecule has 3 nitrogen and oxygen atoms in total. The second-order valence-electron chi connectivity index (χ2n) is 3.26. The van der Waals surface area contributed by atoms with Crippen LogP contribution in [0.1, 0.15) is 35.3 Å². The van der Waals surface area contributed by atoms with Crippen molar-refractivity contribution in [2.45, 2.75) is 20.8 Å². The van der Waals surface area contributed by atoms with E-state index in [0.717, 1.165) is 5.56 Å². The molecule has 0 radical (unpaired) electrons. The Labute approximate surface area is 89.3 Å². The molecule has 1 aromatic carbocycles. The highest BCUT2D eigenvalue weighted by Crippen LogP contribution is 2.23. The summed E-state index contributed by atoms with van der Waals surface area (Å²) in [4.78, 5) is 11.3. The van der Waals surface area contributed by atoms with Crippen molar-refractivity contribution in [2.75, 3.05) is 6.61 Å². The van der Waals surface area contributed by atoms with Gasteiger partial charge in [-0.25, -0.2) is 0 Å². The first kappa shape index (κ1) is 11.3. The summed E-state index contributed by atoms with van der Waals surface area (Å²) >= 11 is 0. The summed E-state index contributed by atoms with van der Waals surface area (Å²) in [6.45, 7) is 5.74. The van der Waals surface area contributed by atoms with E-state index in [0.29, 0.717) is 23.5 Å². The van der Waals surface area contributed by atoms with Crippen molar-refractivity contribution in [3.8, 4) is 11.8 Å². The monoisotopic (exact) mass is 203 g/mol. The highest BCUT2D eigenvalue weighted by atomic mass is 16.5. The van der Waals surface area contributed by atoms with Crippen LogP contribution in [0, 0.1) is 18.3 Å². The van der Waals surface area contributed by atoms with E-state index in [9.17, 15) is 4.79 Å². The molecule has 0 aliphatic carbocycles. The summed E-state index contributed by atoms with van der Waals surface area (Å²) in [5.74, 6) is 0.566. The number of ketones is 1. The SMILES string of the molecule is CCOc1cc(C#N)c(C(C)=O)cc1C. The number of hydrogen-bond donors (Lipinski definition) is 0. The van der Waals surface area contributed by atoms with Crippen LogP contribution < -0.4 is 4.74 Å². The average molecular weight is 203 g/mol. The lowest BCUT2D eigenvalue weighted by Gasteiger charge is -2.09. The Balaban J connectivity index is 3.30. The zero-order chi connectivity index (χ0) is 11.4. The summed E-state index contributed by atoms with van der Waals surface area (Å²) in [6.07, 6.45) is 0. The number of carbonyl (C=O) groups excluding carboxylic acids is 1. The Morgan fingerprint density at radius 1 is 1.53 bits per heavy atom. The van der Waals surface area contributed by atoms with Crippen molar-refractivity contribution in [3.63, 3.8) is 0 Å². The van der Waals surface area contributed by atoms with Crippen molar-refractivity contribution in [3.05, 3.63) is 28.8 Å². The highest BCUT2D eigenvalue weighted by Gasteiger charge is 2.11. The predicted octanol–water partition coefficient (Wildman–Crippen LogP) is 2.47. The van der Waals surface area contributed by atoms with Crippen molar-refractivity contribution >= 4 is 5.78 Å². The molecule has 0 N–H and O–H groups in total. The van der Waals surface area contributed by atoms with E-state index in [1.807, 2.05) is 19.9 Å². The topological polar surface area (TPSA) is 50.1 Å². The van der Waals surface area contributed by atoms with Crippen LogP contribution in [0.25, 0.3) is 0 Å². The number of Topliss-reactive ketones (excluding diaryl/α,β-unsaturated/α-hetero) is 1. The first-order valence-corrected chi connectivity index (χ1v) is 4.78.